The molecule has 0 amide bonds. The smallest absolute Gasteiger partial charge is 0.226 e. The molecule has 5 nitrogen and oxygen atoms in total. The van der Waals surface area contributed by atoms with Crippen molar-refractivity contribution in [3.05, 3.63) is 11.8 Å². The lowest BCUT2D eigenvalue weighted by Gasteiger charge is -2.22. The summed E-state index contributed by atoms with van der Waals surface area (Å²) < 4.78 is 5.57. The zero-order valence-corrected chi connectivity index (χ0v) is 13.4. The van der Waals surface area contributed by atoms with E-state index in [1.54, 1.807) is 6.07 Å². The number of hydrogen-bond donors (Lipinski definition) is 2. The quantitative estimate of drug-likeness (QED) is 0.839. The van der Waals surface area contributed by atoms with Gasteiger partial charge in [0.05, 0.1) is 12.2 Å². The number of aromatic nitrogens is 2. The highest BCUT2D eigenvalue weighted by Crippen LogP contribution is 2.21. The van der Waals surface area contributed by atoms with Crippen LogP contribution in [0.15, 0.2) is 6.07 Å². The van der Waals surface area contributed by atoms with Crippen LogP contribution in [0.3, 0.4) is 0 Å². The Morgan fingerprint density at radius 3 is 2.50 bits per heavy atom. The molecule has 20 heavy (non-hydrogen) atoms. The molecule has 0 saturated heterocycles. The molecule has 0 fully saturated rings. The van der Waals surface area contributed by atoms with Crippen LogP contribution in [0.4, 0.5) is 5.95 Å². The van der Waals surface area contributed by atoms with Gasteiger partial charge in [-0.15, -0.1) is 0 Å². The van der Waals surface area contributed by atoms with E-state index in [2.05, 4.69) is 36.1 Å². The van der Waals surface area contributed by atoms with Crippen molar-refractivity contribution in [1.29, 1.82) is 0 Å². The zero-order chi connectivity index (χ0) is 15.3. The second-order valence-corrected chi connectivity index (χ2v) is 6.64. The second-order valence-electron chi connectivity index (χ2n) is 6.64. The molecule has 1 unspecified atom stereocenters. The molecule has 114 valence electrons. The van der Waals surface area contributed by atoms with E-state index in [0.717, 1.165) is 12.1 Å². The van der Waals surface area contributed by atoms with Gasteiger partial charge in [0.2, 0.25) is 11.8 Å². The van der Waals surface area contributed by atoms with Gasteiger partial charge in [-0.3, -0.25) is 0 Å². The van der Waals surface area contributed by atoms with Crippen LogP contribution >= 0.6 is 0 Å². The van der Waals surface area contributed by atoms with Gasteiger partial charge in [0.15, 0.2) is 0 Å². The fraction of sp³-hybridized carbons (Fsp3) is 0.733. The summed E-state index contributed by atoms with van der Waals surface area (Å²) in [5, 5.41) is 13.1. The Kier molecular flexibility index (Phi) is 5.74. The number of aliphatic hydroxyl groups excluding tert-OH is 1. The van der Waals surface area contributed by atoms with Gasteiger partial charge in [0.25, 0.3) is 0 Å². The van der Waals surface area contributed by atoms with Crippen molar-refractivity contribution in [2.24, 2.45) is 5.41 Å². The van der Waals surface area contributed by atoms with Crippen molar-refractivity contribution in [3.63, 3.8) is 0 Å². The van der Waals surface area contributed by atoms with Gasteiger partial charge in [-0.25, -0.2) is 4.98 Å². The van der Waals surface area contributed by atoms with Gasteiger partial charge < -0.3 is 15.2 Å². The molecule has 1 atom stereocenters. The molecule has 5 heteroatoms. The number of ether oxygens (including phenoxy) is 1. The Bertz CT molecular complexity index is 428. The highest BCUT2D eigenvalue weighted by molar-refractivity contribution is 5.30. The van der Waals surface area contributed by atoms with E-state index in [1.165, 1.54) is 0 Å². The minimum atomic E-state index is -0.423. The number of anilines is 1. The summed E-state index contributed by atoms with van der Waals surface area (Å²) >= 11 is 0. The van der Waals surface area contributed by atoms with Gasteiger partial charge in [0, 0.05) is 18.3 Å². The largest absolute Gasteiger partial charge is 0.475 e. The number of aryl methyl sites for hydroxylation is 1. The Hall–Kier alpha value is -1.36. The van der Waals surface area contributed by atoms with Gasteiger partial charge in [-0.1, -0.05) is 20.8 Å². The summed E-state index contributed by atoms with van der Waals surface area (Å²) in [6.07, 6.45) is 0.374. The average Bonchev–Trinajstić information content (AvgIpc) is 2.22. The fourth-order valence-corrected chi connectivity index (χ4v) is 1.91. The number of aliphatic hydroxyl groups is 1. The Balaban J connectivity index is 2.61. The summed E-state index contributed by atoms with van der Waals surface area (Å²) in [7, 11) is 0. The van der Waals surface area contributed by atoms with Gasteiger partial charge in [-0.05, 0) is 32.6 Å². The molecule has 0 saturated carbocycles. The fourth-order valence-electron chi connectivity index (χ4n) is 1.91. The van der Waals surface area contributed by atoms with E-state index in [1.807, 2.05) is 20.8 Å². The summed E-state index contributed by atoms with van der Waals surface area (Å²) in [6.45, 7) is 12.6. The third kappa shape index (κ3) is 6.70. The first-order valence-corrected chi connectivity index (χ1v) is 7.10. The maximum absolute atomic E-state index is 9.98. The van der Waals surface area contributed by atoms with Crippen LogP contribution in [-0.4, -0.2) is 33.8 Å². The van der Waals surface area contributed by atoms with E-state index in [4.69, 9.17) is 4.74 Å². The maximum atomic E-state index is 9.98. The monoisotopic (exact) mass is 281 g/mol. The highest BCUT2D eigenvalue weighted by Gasteiger charge is 2.17. The molecular formula is C15H27N3O2. The SMILES string of the molecule is Cc1cc(OC(C)C)nc(NCC(O)CC(C)(C)C)n1. The number of nitrogens with one attached hydrogen (secondary N) is 1. The lowest BCUT2D eigenvalue weighted by Crippen LogP contribution is -2.25. The third-order valence-corrected chi connectivity index (χ3v) is 2.53. The van der Waals surface area contributed by atoms with Crippen molar-refractivity contribution < 1.29 is 9.84 Å². The molecule has 1 aromatic heterocycles. The van der Waals surface area contributed by atoms with Gasteiger partial charge in [-0.2, -0.15) is 4.98 Å². The van der Waals surface area contributed by atoms with Crippen molar-refractivity contribution in [2.75, 3.05) is 11.9 Å². The van der Waals surface area contributed by atoms with Crippen molar-refractivity contribution in [1.82, 2.24) is 9.97 Å². The number of nitrogens with zero attached hydrogens (tertiary/aromatic N) is 2. The predicted molar refractivity (Wildman–Crippen MR) is 81.1 cm³/mol. The maximum Gasteiger partial charge on any atom is 0.226 e. The molecule has 1 heterocycles. The lowest BCUT2D eigenvalue weighted by molar-refractivity contribution is 0.132. The van der Waals surface area contributed by atoms with Crippen LogP contribution in [-0.2, 0) is 0 Å². The molecule has 2 N–H and O–H groups in total. The molecular weight excluding hydrogens is 254 g/mol. The number of hydrogen-bond acceptors (Lipinski definition) is 5. The third-order valence-electron chi connectivity index (χ3n) is 2.53. The first-order chi connectivity index (χ1) is 9.15. The molecule has 0 radical (unpaired) electrons. The first-order valence-electron chi connectivity index (χ1n) is 7.10. The van der Waals surface area contributed by atoms with E-state index in [-0.39, 0.29) is 11.5 Å². The number of rotatable bonds is 6. The predicted octanol–water partition coefficient (Wildman–Crippen LogP) is 2.78. The molecule has 0 aromatic carbocycles. The minimum absolute atomic E-state index is 0.0728. The Morgan fingerprint density at radius 1 is 1.30 bits per heavy atom. The average molecular weight is 281 g/mol. The van der Waals surface area contributed by atoms with Gasteiger partial charge in [0.1, 0.15) is 0 Å². The second kappa shape index (κ2) is 6.88. The topological polar surface area (TPSA) is 67.3 Å². The standard InChI is InChI=1S/C15H27N3O2/c1-10(2)20-13-7-11(3)17-14(18-13)16-9-12(19)8-15(4,5)6/h7,10,12,19H,8-9H2,1-6H3,(H,16,17,18). The van der Waals surface area contributed by atoms with Crippen LogP contribution in [0.25, 0.3) is 0 Å². The van der Waals surface area contributed by atoms with E-state index in [9.17, 15) is 5.11 Å². The molecule has 0 bridgehead atoms. The van der Waals surface area contributed by atoms with Crippen LogP contribution in [0.5, 0.6) is 5.88 Å². The van der Waals surface area contributed by atoms with Crippen molar-refractivity contribution >= 4 is 5.95 Å². The zero-order valence-electron chi connectivity index (χ0n) is 13.4. The molecule has 1 aromatic rings. The van der Waals surface area contributed by atoms with E-state index >= 15 is 0 Å². The van der Waals surface area contributed by atoms with Crippen LogP contribution in [0.2, 0.25) is 0 Å². The van der Waals surface area contributed by atoms with Crippen LogP contribution in [0.1, 0.15) is 46.7 Å². The van der Waals surface area contributed by atoms with Crippen molar-refractivity contribution in [3.8, 4) is 5.88 Å². The van der Waals surface area contributed by atoms with E-state index < -0.39 is 6.10 Å². The molecule has 0 aliphatic carbocycles. The summed E-state index contributed by atoms with van der Waals surface area (Å²) in [6, 6.07) is 1.80. The minimum Gasteiger partial charge on any atom is -0.475 e. The molecule has 0 aliphatic rings. The lowest BCUT2D eigenvalue weighted by atomic mass is 9.89. The first kappa shape index (κ1) is 16.7. The Labute approximate surface area is 121 Å². The van der Waals surface area contributed by atoms with Crippen LogP contribution in [0, 0.1) is 12.3 Å². The summed E-state index contributed by atoms with van der Waals surface area (Å²) in [4.78, 5) is 8.58. The van der Waals surface area contributed by atoms with Crippen LogP contribution < -0.4 is 10.1 Å². The van der Waals surface area contributed by atoms with E-state index in [0.29, 0.717) is 18.4 Å². The highest BCUT2D eigenvalue weighted by atomic mass is 16.5. The summed E-state index contributed by atoms with van der Waals surface area (Å²) in [5.74, 6) is 1.05. The molecule has 0 spiro atoms. The molecule has 1 rings (SSSR count). The molecule has 0 aliphatic heterocycles. The van der Waals surface area contributed by atoms with Gasteiger partial charge >= 0.3 is 0 Å². The van der Waals surface area contributed by atoms with Crippen molar-refractivity contribution in [2.45, 2.75) is 60.2 Å². The normalized spacial score (nSPS) is 13.4. The Morgan fingerprint density at radius 2 is 1.95 bits per heavy atom. The summed E-state index contributed by atoms with van der Waals surface area (Å²) in [5.41, 5.74) is 0.934.